The van der Waals surface area contributed by atoms with Gasteiger partial charge in [0, 0.05) is 24.7 Å². The molecule has 0 unspecified atom stereocenters. The molecule has 2 N–H and O–H groups in total. The Labute approximate surface area is 123 Å². The van der Waals surface area contributed by atoms with Crippen molar-refractivity contribution in [3.8, 4) is 5.69 Å². The van der Waals surface area contributed by atoms with Crippen molar-refractivity contribution in [2.75, 3.05) is 18.5 Å². The van der Waals surface area contributed by atoms with Crippen LogP contribution in [0.4, 0.5) is 10.5 Å². The fraction of sp³-hybridized carbons (Fsp3) is 0.333. The Kier molecular flexibility index (Phi) is 3.62. The van der Waals surface area contributed by atoms with Gasteiger partial charge in [-0.05, 0) is 43.7 Å². The van der Waals surface area contributed by atoms with Gasteiger partial charge in [-0.1, -0.05) is 0 Å². The maximum atomic E-state index is 12.0. The van der Waals surface area contributed by atoms with Crippen LogP contribution in [0.5, 0.6) is 0 Å². The van der Waals surface area contributed by atoms with E-state index in [2.05, 4.69) is 15.7 Å². The van der Waals surface area contributed by atoms with E-state index in [0.29, 0.717) is 13.2 Å². The lowest BCUT2D eigenvalue weighted by molar-refractivity contribution is 0.172. The molecular weight excluding hydrogens is 268 g/mol. The van der Waals surface area contributed by atoms with E-state index in [9.17, 15) is 4.79 Å². The molecule has 1 atom stereocenters. The van der Waals surface area contributed by atoms with E-state index in [0.717, 1.165) is 17.8 Å². The predicted molar refractivity (Wildman–Crippen MR) is 79.6 cm³/mol. The average Bonchev–Trinajstić information content (AvgIpc) is 3.11. The van der Waals surface area contributed by atoms with Gasteiger partial charge < -0.3 is 15.4 Å². The lowest BCUT2D eigenvalue weighted by Gasteiger charge is -2.23. The highest BCUT2D eigenvalue weighted by molar-refractivity contribution is 5.89. The van der Waals surface area contributed by atoms with Crippen LogP contribution < -0.4 is 10.6 Å². The number of urea groups is 1. The van der Waals surface area contributed by atoms with Gasteiger partial charge in [0.2, 0.25) is 0 Å². The van der Waals surface area contributed by atoms with Crippen molar-refractivity contribution in [3.63, 3.8) is 0 Å². The number of hydrogen-bond donors (Lipinski definition) is 2. The second-order valence-corrected chi connectivity index (χ2v) is 5.44. The predicted octanol–water partition coefficient (Wildman–Crippen LogP) is 2.17. The number of ether oxygens (including phenoxy) is 1. The van der Waals surface area contributed by atoms with Crippen molar-refractivity contribution in [3.05, 3.63) is 42.7 Å². The van der Waals surface area contributed by atoms with Gasteiger partial charge in [0.15, 0.2) is 0 Å². The molecule has 1 aromatic heterocycles. The molecular formula is C15H18N4O2. The van der Waals surface area contributed by atoms with Crippen LogP contribution in [0, 0.1) is 0 Å². The smallest absolute Gasteiger partial charge is 0.319 e. The van der Waals surface area contributed by atoms with Crippen LogP contribution in [0.1, 0.15) is 13.3 Å². The summed E-state index contributed by atoms with van der Waals surface area (Å²) < 4.78 is 7.08. The van der Waals surface area contributed by atoms with Gasteiger partial charge in [0.25, 0.3) is 0 Å². The molecule has 1 aliphatic heterocycles. The van der Waals surface area contributed by atoms with Crippen molar-refractivity contribution in [1.82, 2.24) is 15.1 Å². The quantitative estimate of drug-likeness (QED) is 0.908. The second kappa shape index (κ2) is 5.57. The lowest BCUT2D eigenvalue weighted by Crippen LogP contribution is -2.48. The van der Waals surface area contributed by atoms with Crippen molar-refractivity contribution in [1.29, 1.82) is 0 Å². The highest BCUT2D eigenvalue weighted by Crippen LogP contribution is 2.18. The monoisotopic (exact) mass is 286 g/mol. The minimum atomic E-state index is -0.279. The molecule has 2 amide bonds. The summed E-state index contributed by atoms with van der Waals surface area (Å²) in [5, 5.41) is 9.94. The Morgan fingerprint density at radius 2 is 2.19 bits per heavy atom. The van der Waals surface area contributed by atoms with Gasteiger partial charge >= 0.3 is 6.03 Å². The van der Waals surface area contributed by atoms with E-state index < -0.39 is 0 Å². The number of nitrogens with one attached hydrogen (secondary N) is 2. The molecule has 0 saturated carbocycles. The number of carbonyl (C=O) groups is 1. The molecule has 1 aromatic carbocycles. The third-order valence-corrected chi connectivity index (χ3v) is 3.53. The van der Waals surface area contributed by atoms with Gasteiger partial charge in [-0.2, -0.15) is 5.10 Å². The van der Waals surface area contributed by atoms with Crippen molar-refractivity contribution >= 4 is 11.7 Å². The molecule has 1 aliphatic rings. The Morgan fingerprint density at radius 3 is 2.81 bits per heavy atom. The molecule has 3 rings (SSSR count). The zero-order valence-corrected chi connectivity index (χ0v) is 11.9. The number of amides is 2. The summed E-state index contributed by atoms with van der Waals surface area (Å²) in [4.78, 5) is 12.0. The highest BCUT2D eigenvalue weighted by atomic mass is 16.5. The van der Waals surface area contributed by atoms with Crippen LogP contribution in [-0.4, -0.2) is 34.6 Å². The molecule has 1 saturated heterocycles. The Morgan fingerprint density at radius 1 is 1.38 bits per heavy atom. The molecule has 0 aliphatic carbocycles. The molecule has 0 radical (unpaired) electrons. The van der Waals surface area contributed by atoms with E-state index in [-0.39, 0.29) is 11.6 Å². The maximum absolute atomic E-state index is 12.0. The molecule has 2 heterocycles. The first-order chi connectivity index (χ1) is 10.1. The average molecular weight is 286 g/mol. The minimum absolute atomic E-state index is 0.213. The van der Waals surface area contributed by atoms with Crippen molar-refractivity contribution in [2.24, 2.45) is 0 Å². The first-order valence-electron chi connectivity index (χ1n) is 6.92. The van der Waals surface area contributed by atoms with Crippen LogP contribution >= 0.6 is 0 Å². The van der Waals surface area contributed by atoms with Crippen molar-refractivity contribution < 1.29 is 9.53 Å². The lowest BCUT2D eigenvalue weighted by atomic mass is 10.0. The molecule has 110 valence electrons. The van der Waals surface area contributed by atoms with Gasteiger partial charge in [0.05, 0.1) is 17.8 Å². The fourth-order valence-electron chi connectivity index (χ4n) is 2.32. The van der Waals surface area contributed by atoms with Crippen LogP contribution in [0.25, 0.3) is 5.69 Å². The highest BCUT2D eigenvalue weighted by Gasteiger charge is 2.31. The minimum Gasteiger partial charge on any atom is -0.379 e. The van der Waals surface area contributed by atoms with Crippen LogP contribution in [0.2, 0.25) is 0 Å². The number of aromatic nitrogens is 2. The molecule has 6 heteroatoms. The van der Waals surface area contributed by atoms with Crippen molar-refractivity contribution in [2.45, 2.75) is 18.9 Å². The van der Waals surface area contributed by atoms with E-state index in [1.807, 2.05) is 43.5 Å². The number of benzene rings is 1. The summed E-state index contributed by atoms with van der Waals surface area (Å²) in [6.45, 7) is 3.23. The summed E-state index contributed by atoms with van der Waals surface area (Å²) >= 11 is 0. The fourth-order valence-corrected chi connectivity index (χ4v) is 2.32. The summed E-state index contributed by atoms with van der Waals surface area (Å²) in [6, 6.07) is 9.17. The van der Waals surface area contributed by atoms with Gasteiger partial charge in [0.1, 0.15) is 0 Å². The zero-order valence-electron chi connectivity index (χ0n) is 11.9. The third-order valence-electron chi connectivity index (χ3n) is 3.53. The normalized spacial score (nSPS) is 21.2. The van der Waals surface area contributed by atoms with Gasteiger partial charge in [-0.15, -0.1) is 0 Å². The largest absolute Gasteiger partial charge is 0.379 e. The van der Waals surface area contributed by atoms with E-state index in [1.165, 1.54) is 0 Å². The van der Waals surface area contributed by atoms with Crippen LogP contribution in [0.3, 0.4) is 0 Å². The maximum Gasteiger partial charge on any atom is 0.319 e. The number of rotatable bonds is 3. The van der Waals surface area contributed by atoms with Crippen LogP contribution in [-0.2, 0) is 4.74 Å². The Balaban J connectivity index is 1.61. The number of anilines is 1. The summed E-state index contributed by atoms with van der Waals surface area (Å²) in [7, 11) is 0. The molecule has 21 heavy (non-hydrogen) atoms. The summed E-state index contributed by atoms with van der Waals surface area (Å²) in [6.07, 6.45) is 4.43. The second-order valence-electron chi connectivity index (χ2n) is 5.44. The summed E-state index contributed by atoms with van der Waals surface area (Å²) in [5.41, 5.74) is 1.41. The first kappa shape index (κ1) is 13.6. The van der Waals surface area contributed by atoms with E-state index in [1.54, 1.807) is 10.9 Å². The topological polar surface area (TPSA) is 68.2 Å². The summed E-state index contributed by atoms with van der Waals surface area (Å²) in [5.74, 6) is 0. The molecule has 1 fully saturated rings. The SMILES string of the molecule is C[C@]1(NC(=O)Nc2ccc(-n3cccn3)cc2)CCOC1. The molecule has 0 spiro atoms. The first-order valence-corrected chi connectivity index (χ1v) is 6.92. The van der Waals surface area contributed by atoms with Gasteiger partial charge in [-0.3, -0.25) is 0 Å². The molecule has 0 bridgehead atoms. The number of hydrogen-bond acceptors (Lipinski definition) is 3. The zero-order chi connectivity index (χ0) is 14.7. The number of nitrogens with zero attached hydrogens (tertiary/aromatic N) is 2. The standard InChI is InChI=1S/C15H18N4O2/c1-15(7-10-21-11-15)18-14(20)17-12-3-5-13(6-4-12)19-9-2-8-16-19/h2-6,8-9H,7,10-11H2,1H3,(H2,17,18,20)/t15-/m0/s1. The van der Waals surface area contributed by atoms with E-state index in [4.69, 9.17) is 4.74 Å². The van der Waals surface area contributed by atoms with Gasteiger partial charge in [-0.25, -0.2) is 9.48 Å². The third kappa shape index (κ3) is 3.22. The van der Waals surface area contributed by atoms with E-state index >= 15 is 0 Å². The molecule has 2 aromatic rings. The number of carbonyl (C=O) groups excluding carboxylic acids is 1. The Bertz CT molecular complexity index is 601. The van der Waals surface area contributed by atoms with Crippen LogP contribution in [0.15, 0.2) is 42.7 Å². The Hall–Kier alpha value is -2.34. The molecule has 6 nitrogen and oxygen atoms in total.